The van der Waals surface area contributed by atoms with E-state index in [1.807, 2.05) is 6.07 Å². The van der Waals surface area contributed by atoms with Gasteiger partial charge in [-0.2, -0.15) is 0 Å². The Morgan fingerprint density at radius 2 is 2.12 bits per heavy atom. The minimum atomic E-state index is -3.58. The average molecular weight is 260 g/mol. The second kappa shape index (κ2) is 3.99. The lowest BCUT2D eigenvalue weighted by Crippen LogP contribution is -1.98. The molecule has 1 aromatic heterocycles. The van der Waals surface area contributed by atoms with Gasteiger partial charge in [-0.1, -0.05) is 6.07 Å². The Labute approximate surface area is 97.6 Å². The van der Waals surface area contributed by atoms with Crippen LogP contribution in [-0.2, 0) is 14.8 Å². The first kappa shape index (κ1) is 11.3. The first-order valence-corrected chi connectivity index (χ1v) is 7.04. The SMILES string of the molecule is COc1c(CS(=O)(=O)Cl)ccc2[nH]ccc12. The van der Waals surface area contributed by atoms with E-state index in [1.54, 1.807) is 18.3 Å². The molecule has 16 heavy (non-hydrogen) atoms. The molecule has 2 aromatic rings. The molecule has 86 valence electrons. The van der Waals surface area contributed by atoms with Crippen LogP contribution < -0.4 is 4.74 Å². The summed E-state index contributed by atoms with van der Waals surface area (Å²) < 4.78 is 27.3. The van der Waals surface area contributed by atoms with Crippen molar-refractivity contribution in [3.05, 3.63) is 30.0 Å². The van der Waals surface area contributed by atoms with Gasteiger partial charge in [0, 0.05) is 33.3 Å². The number of halogens is 1. The zero-order valence-corrected chi connectivity index (χ0v) is 10.1. The fourth-order valence-corrected chi connectivity index (χ4v) is 2.64. The van der Waals surface area contributed by atoms with E-state index in [0.717, 1.165) is 10.9 Å². The van der Waals surface area contributed by atoms with Gasteiger partial charge in [-0.25, -0.2) is 8.42 Å². The van der Waals surface area contributed by atoms with Gasteiger partial charge in [0.15, 0.2) is 0 Å². The number of hydrogen-bond donors (Lipinski definition) is 1. The number of aromatic amines is 1. The Balaban J connectivity index is 2.61. The van der Waals surface area contributed by atoms with E-state index < -0.39 is 9.05 Å². The van der Waals surface area contributed by atoms with Gasteiger partial charge in [-0.3, -0.25) is 0 Å². The van der Waals surface area contributed by atoms with Crippen molar-refractivity contribution in [2.75, 3.05) is 7.11 Å². The molecule has 0 spiro atoms. The number of H-pyrrole nitrogens is 1. The first-order valence-electron chi connectivity index (χ1n) is 4.56. The van der Waals surface area contributed by atoms with Crippen LogP contribution in [0.5, 0.6) is 5.75 Å². The topological polar surface area (TPSA) is 59.2 Å². The van der Waals surface area contributed by atoms with Gasteiger partial charge in [0.2, 0.25) is 9.05 Å². The molecule has 1 N–H and O–H groups in total. The second-order valence-corrected chi connectivity index (χ2v) is 6.16. The summed E-state index contributed by atoms with van der Waals surface area (Å²) in [5.41, 5.74) is 1.46. The number of rotatable bonds is 3. The Morgan fingerprint density at radius 3 is 2.75 bits per heavy atom. The van der Waals surface area contributed by atoms with Crippen molar-refractivity contribution in [2.24, 2.45) is 0 Å². The van der Waals surface area contributed by atoms with Crippen LogP contribution in [0.4, 0.5) is 0 Å². The molecule has 0 bridgehead atoms. The maximum Gasteiger partial charge on any atom is 0.236 e. The van der Waals surface area contributed by atoms with E-state index in [1.165, 1.54) is 7.11 Å². The van der Waals surface area contributed by atoms with E-state index >= 15 is 0 Å². The Kier molecular flexibility index (Phi) is 2.82. The molecule has 2 rings (SSSR count). The fourth-order valence-electron chi connectivity index (χ4n) is 1.69. The molecule has 0 aliphatic heterocycles. The Hall–Kier alpha value is -1.20. The van der Waals surface area contributed by atoms with Crippen molar-refractivity contribution < 1.29 is 13.2 Å². The zero-order chi connectivity index (χ0) is 11.8. The molecule has 0 fully saturated rings. The molecule has 0 saturated carbocycles. The van der Waals surface area contributed by atoms with Crippen LogP contribution in [0.3, 0.4) is 0 Å². The summed E-state index contributed by atoms with van der Waals surface area (Å²) in [4.78, 5) is 3.02. The number of nitrogens with one attached hydrogen (secondary N) is 1. The number of ether oxygens (including phenoxy) is 1. The predicted molar refractivity (Wildman–Crippen MR) is 63.3 cm³/mol. The summed E-state index contributed by atoms with van der Waals surface area (Å²) in [7, 11) is 3.16. The van der Waals surface area contributed by atoms with E-state index in [0.29, 0.717) is 11.3 Å². The van der Waals surface area contributed by atoms with Gasteiger partial charge in [-0.05, 0) is 12.1 Å². The second-order valence-electron chi connectivity index (χ2n) is 3.38. The minimum Gasteiger partial charge on any atom is -0.496 e. The van der Waals surface area contributed by atoms with Crippen molar-refractivity contribution >= 4 is 30.6 Å². The van der Waals surface area contributed by atoms with Crippen molar-refractivity contribution in [1.82, 2.24) is 4.98 Å². The van der Waals surface area contributed by atoms with E-state index in [9.17, 15) is 8.42 Å². The van der Waals surface area contributed by atoms with Crippen LogP contribution in [0.1, 0.15) is 5.56 Å². The molecule has 0 unspecified atom stereocenters. The van der Waals surface area contributed by atoms with Gasteiger partial charge in [0.25, 0.3) is 0 Å². The fraction of sp³-hybridized carbons (Fsp3) is 0.200. The summed E-state index contributed by atoms with van der Waals surface area (Å²) in [5.74, 6) is 0.307. The monoisotopic (exact) mass is 259 g/mol. The summed E-state index contributed by atoms with van der Waals surface area (Å²) in [6, 6.07) is 5.32. The molecule has 0 aliphatic carbocycles. The largest absolute Gasteiger partial charge is 0.496 e. The van der Waals surface area contributed by atoms with E-state index in [4.69, 9.17) is 15.4 Å². The van der Waals surface area contributed by atoms with Crippen LogP contribution >= 0.6 is 10.7 Å². The van der Waals surface area contributed by atoms with Crippen molar-refractivity contribution in [3.63, 3.8) is 0 Å². The van der Waals surface area contributed by atoms with Gasteiger partial charge in [-0.15, -0.1) is 0 Å². The summed E-state index contributed by atoms with van der Waals surface area (Å²) in [6.45, 7) is 0. The third-order valence-electron chi connectivity index (χ3n) is 2.30. The zero-order valence-electron chi connectivity index (χ0n) is 8.53. The maximum atomic E-state index is 11.0. The lowest BCUT2D eigenvalue weighted by molar-refractivity contribution is 0.416. The highest BCUT2D eigenvalue weighted by molar-refractivity contribution is 8.13. The molecule has 0 atom stereocenters. The van der Waals surface area contributed by atoms with Crippen LogP contribution in [0.15, 0.2) is 24.4 Å². The van der Waals surface area contributed by atoms with Gasteiger partial charge in [0.1, 0.15) is 5.75 Å². The maximum absolute atomic E-state index is 11.0. The standard InChI is InChI=1S/C10H10ClNO3S/c1-15-10-7(6-16(11,13)14)2-3-9-8(10)4-5-12-9/h2-5,12H,6H2,1H3. The van der Waals surface area contributed by atoms with Crippen molar-refractivity contribution in [1.29, 1.82) is 0 Å². The molecular formula is C10H10ClNO3S. The average Bonchev–Trinajstić information content (AvgIpc) is 2.62. The van der Waals surface area contributed by atoms with Gasteiger partial charge in [0.05, 0.1) is 12.9 Å². The normalized spacial score (nSPS) is 11.9. The highest BCUT2D eigenvalue weighted by Crippen LogP contribution is 2.30. The molecule has 0 amide bonds. The number of hydrogen-bond acceptors (Lipinski definition) is 3. The smallest absolute Gasteiger partial charge is 0.236 e. The lowest BCUT2D eigenvalue weighted by Gasteiger charge is -2.08. The van der Waals surface area contributed by atoms with Crippen molar-refractivity contribution in [2.45, 2.75) is 5.75 Å². The van der Waals surface area contributed by atoms with Crippen LogP contribution in [0.25, 0.3) is 10.9 Å². The van der Waals surface area contributed by atoms with Crippen LogP contribution in [0, 0.1) is 0 Å². The van der Waals surface area contributed by atoms with Crippen LogP contribution in [0.2, 0.25) is 0 Å². The molecule has 1 aromatic carbocycles. The van der Waals surface area contributed by atoms with Crippen LogP contribution in [-0.4, -0.2) is 20.5 Å². The summed E-state index contributed by atoms with van der Waals surface area (Å²) in [5, 5.41) is 0.848. The van der Waals surface area contributed by atoms with Gasteiger partial charge >= 0.3 is 0 Å². The lowest BCUT2D eigenvalue weighted by atomic mass is 10.1. The van der Waals surface area contributed by atoms with Crippen molar-refractivity contribution in [3.8, 4) is 5.75 Å². The predicted octanol–water partition coefficient (Wildman–Crippen LogP) is 2.25. The highest BCUT2D eigenvalue weighted by atomic mass is 35.7. The Morgan fingerprint density at radius 1 is 1.38 bits per heavy atom. The Bertz CT molecular complexity index is 618. The number of methoxy groups -OCH3 is 1. The first-order chi connectivity index (χ1) is 7.51. The molecule has 1 heterocycles. The molecule has 4 nitrogen and oxygen atoms in total. The number of benzene rings is 1. The number of fused-ring (bicyclic) bond motifs is 1. The van der Waals surface area contributed by atoms with E-state index in [2.05, 4.69) is 4.98 Å². The highest BCUT2D eigenvalue weighted by Gasteiger charge is 2.14. The number of aromatic nitrogens is 1. The summed E-state index contributed by atoms with van der Waals surface area (Å²) in [6.07, 6.45) is 1.77. The summed E-state index contributed by atoms with van der Waals surface area (Å²) >= 11 is 0. The molecule has 0 saturated heterocycles. The molecular weight excluding hydrogens is 250 g/mol. The molecule has 0 radical (unpaired) electrons. The minimum absolute atomic E-state index is 0.237. The third kappa shape index (κ3) is 2.15. The quantitative estimate of drug-likeness (QED) is 0.860. The third-order valence-corrected chi connectivity index (χ3v) is 3.28. The van der Waals surface area contributed by atoms with E-state index in [-0.39, 0.29) is 5.75 Å². The van der Waals surface area contributed by atoms with Gasteiger partial charge < -0.3 is 9.72 Å². The molecule has 0 aliphatic rings. The molecule has 6 heteroatoms.